The number of halogens is 2. The third kappa shape index (κ3) is 6.60. The summed E-state index contributed by atoms with van der Waals surface area (Å²) in [5, 5.41) is 16.1. The van der Waals surface area contributed by atoms with Crippen LogP contribution in [0.25, 0.3) is 5.69 Å². The first-order valence-corrected chi connectivity index (χ1v) is 14.4. The summed E-state index contributed by atoms with van der Waals surface area (Å²) >= 11 is 15.4. The van der Waals surface area contributed by atoms with Crippen molar-refractivity contribution in [1.82, 2.24) is 30.0 Å². The number of rotatable bonds is 10. The second-order valence-corrected chi connectivity index (χ2v) is 10.9. The van der Waals surface area contributed by atoms with E-state index in [9.17, 15) is 4.79 Å². The maximum atomic E-state index is 12.6. The largest absolute Gasteiger partial charge is 0.350 e. The Morgan fingerprint density at radius 1 is 1.00 bits per heavy atom. The molecular formula is C27H22Cl2N6OS2. The van der Waals surface area contributed by atoms with Crippen LogP contribution in [0.3, 0.4) is 0 Å². The van der Waals surface area contributed by atoms with E-state index >= 15 is 0 Å². The number of thioether (sulfide) groups is 1. The number of benzene rings is 2. The zero-order chi connectivity index (χ0) is 26.3. The molecule has 0 saturated carbocycles. The average molecular weight is 582 g/mol. The van der Waals surface area contributed by atoms with Gasteiger partial charge in [-0.25, -0.2) is 4.98 Å². The molecule has 0 spiro atoms. The standard InChI is InChI=1S/C27H22Cl2N6OS2/c28-21-10-9-20(15-22(21)29)35-24(14-18-6-2-1-3-7-18)33-34-27(35)38-17-25-32-23(16-37-25)26(36)31-13-11-19-8-4-5-12-30-19/h1-10,12,15-16H,11,13-14,17H2,(H,31,36). The number of hydrogen-bond donors (Lipinski definition) is 1. The number of nitrogens with one attached hydrogen (secondary N) is 1. The highest BCUT2D eigenvalue weighted by Gasteiger charge is 2.18. The van der Waals surface area contributed by atoms with Crippen LogP contribution in [-0.4, -0.2) is 37.2 Å². The maximum absolute atomic E-state index is 12.6. The van der Waals surface area contributed by atoms with Gasteiger partial charge >= 0.3 is 0 Å². The fourth-order valence-corrected chi connectivity index (χ4v) is 5.77. The van der Waals surface area contributed by atoms with Crippen LogP contribution in [0.2, 0.25) is 10.0 Å². The molecule has 11 heteroatoms. The zero-order valence-electron chi connectivity index (χ0n) is 20.1. The molecule has 3 heterocycles. The van der Waals surface area contributed by atoms with Crippen LogP contribution in [0.5, 0.6) is 0 Å². The molecular weight excluding hydrogens is 559 g/mol. The summed E-state index contributed by atoms with van der Waals surface area (Å²) in [6.07, 6.45) is 3.01. The SMILES string of the molecule is O=C(NCCc1ccccn1)c1csc(CSc2nnc(Cc3ccccc3)n2-c2ccc(Cl)c(Cl)c2)n1. The monoisotopic (exact) mass is 580 g/mol. The molecule has 0 aliphatic carbocycles. The summed E-state index contributed by atoms with van der Waals surface area (Å²) in [7, 11) is 0. The number of pyridine rings is 1. The quantitative estimate of drug-likeness (QED) is 0.196. The topological polar surface area (TPSA) is 85.6 Å². The second kappa shape index (κ2) is 12.5. The Morgan fingerprint density at radius 3 is 2.63 bits per heavy atom. The second-order valence-electron chi connectivity index (χ2n) is 8.24. The van der Waals surface area contributed by atoms with E-state index in [0.29, 0.717) is 46.0 Å². The van der Waals surface area contributed by atoms with Crippen molar-refractivity contribution in [2.24, 2.45) is 0 Å². The predicted molar refractivity (Wildman–Crippen MR) is 153 cm³/mol. The van der Waals surface area contributed by atoms with Gasteiger partial charge in [0.1, 0.15) is 16.5 Å². The van der Waals surface area contributed by atoms with Gasteiger partial charge in [-0.3, -0.25) is 14.3 Å². The smallest absolute Gasteiger partial charge is 0.270 e. The van der Waals surface area contributed by atoms with Crippen LogP contribution in [0, 0.1) is 0 Å². The molecule has 1 amide bonds. The van der Waals surface area contributed by atoms with E-state index in [0.717, 1.165) is 27.8 Å². The fourth-order valence-electron chi connectivity index (χ4n) is 3.72. The van der Waals surface area contributed by atoms with Gasteiger partial charge in [0.05, 0.1) is 21.5 Å². The van der Waals surface area contributed by atoms with Crippen LogP contribution in [0.15, 0.2) is 83.5 Å². The molecule has 5 aromatic rings. The summed E-state index contributed by atoms with van der Waals surface area (Å²) in [5.74, 6) is 1.12. The molecule has 2 aromatic carbocycles. The summed E-state index contributed by atoms with van der Waals surface area (Å²) < 4.78 is 1.98. The minimum absolute atomic E-state index is 0.197. The van der Waals surface area contributed by atoms with Gasteiger partial charge in [0.15, 0.2) is 5.16 Å². The van der Waals surface area contributed by atoms with E-state index in [4.69, 9.17) is 23.2 Å². The molecule has 0 radical (unpaired) electrons. The first-order chi connectivity index (χ1) is 18.6. The van der Waals surface area contributed by atoms with Crippen LogP contribution in [-0.2, 0) is 18.6 Å². The Morgan fingerprint density at radius 2 is 1.84 bits per heavy atom. The highest BCUT2D eigenvalue weighted by molar-refractivity contribution is 7.98. The van der Waals surface area contributed by atoms with E-state index in [1.807, 2.05) is 53.1 Å². The predicted octanol–water partition coefficient (Wildman–Crippen LogP) is 6.28. The molecule has 0 bridgehead atoms. The Kier molecular flexibility index (Phi) is 8.70. The van der Waals surface area contributed by atoms with Crippen LogP contribution in [0.4, 0.5) is 0 Å². The summed E-state index contributed by atoms with van der Waals surface area (Å²) in [4.78, 5) is 21.4. The van der Waals surface area contributed by atoms with Crippen molar-refractivity contribution in [2.75, 3.05) is 6.54 Å². The van der Waals surface area contributed by atoms with E-state index in [1.54, 1.807) is 17.6 Å². The number of carbonyl (C=O) groups is 1. The van der Waals surface area contributed by atoms with Gasteiger partial charge in [0, 0.05) is 36.7 Å². The minimum Gasteiger partial charge on any atom is -0.350 e. The van der Waals surface area contributed by atoms with Gasteiger partial charge in [0.25, 0.3) is 5.91 Å². The van der Waals surface area contributed by atoms with E-state index < -0.39 is 0 Å². The van der Waals surface area contributed by atoms with Crippen LogP contribution >= 0.6 is 46.3 Å². The molecule has 0 aliphatic rings. The van der Waals surface area contributed by atoms with Gasteiger partial charge in [-0.15, -0.1) is 21.5 Å². The van der Waals surface area contributed by atoms with Crippen molar-refractivity contribution in [3.8, 4) is 5.69 Å². The van der Waals surface area contributed by atoms with E-state index in [2.05, 4.69) is 37.6 Å². The first kappa shape index (κ1) is 26.4. The normalized spacial score (nSPS) is 11.0. The Balaban J connectivity index is 1.28. The molecule has 38 heavy (non-hydrogen) atoms. The molecule has 0 aliphatic heterocycles. The molecule has 3 aromatic heterocycles. The van der Waals surface area contributed by atoms with E-state index in [-0.39, 0.29) is 5.91 Å². The van der Waals surface area contributed by atoms with Gasteiger partial charge < -0.3 is 5.32 Å². The highest BCUT2D eigenvalue weighted by atomic mass is 35.5. The number of nitrogens with zero attached hydrogens (tertiary/aromatic N) is 5. The first-order valence-electron chi connectivity index (χ1n) is 11.8. The average Bonchev–Trinajstić information content (AvgIpc) is 3.57. The summed E-state index contributed by atoms with van der Waals surface area (Å²) in [6, 6.07) is 21.3. The van der Waals surface area contributed by atoms with Gasteiger partial charge in [-0.1, -0.05) is 71.4 Å². The van der Waals surface area contributed by atoms with Crippen molar-refractivity contribution in [1.29, 1.82) is 0 Å². The van der Waals surface area contributed by atoms with E-state index in [1.165, 1.54) is 23.1 Å². The van der Waals surface area contributed by atoms with Crippen LogP contribution in [0.1, 0.15) is 32.6 Å². The number of thiazole rings is 1. The van der Waals surface area contributed by atoms with Gasteiger partial charge in [0.2, 0.25) is 0 Å². The van der Waals surface area contributed by atoms with Crippen molar-refractivity contribution >= 4 is 52.2 Å². The summed E-state index contributed by atoms with van der Waals surface area (Å²) in [6.45, 7) is 0.494. The van der Waals surface area contributed by atoms with Crippen LogP contribution < -0.4 is 5.32 Å². The van der Waals surface area contributed by atoms with Crippen molar-refractivity contribution in [3.63, 3.8) is 0 Å². The van der Waals surface area contributed by atoms with Crippen molar-refractivity contribution < 1.29 is 4.79 Å². The number of amides is 1. The lowest BCUT2D eigenvalue weighted by Crippen LogP contribution is -2.26. The zero-order valence-corrected chi connectivity index (χ0v) is 23.2. The fraction of sp³-hybridized carbons (Fsp3) is 0.148. The minimum atomic E-state index is -0.197. The Labute approximate surface area is 238 Å². The Hall–Kier alpha value is -3.24. The lowest BCUT2D eigenvalue weighted by atomic mass is 10.1. The molecule has 192 valence electrons. The third-order valence-corrected chi connectivity index (χ3v) is 8.28. The number of carbonyl (C=O) groups excluding carboxylic acids is 1. The molecule has 0 saturated heterocycles. The Bertz CT molecular complexity index is 1530. The van der Waals surface area contributed by atoms with Gasteiger partial charge in [-0.2, -0.15) is 0 Å². The lowest BCUT2D eigenvalue weighted by molar-refractivity contribution is 0.0949. The number of aromatic nitrogens is 5. The van der Waals surface area contributed by atoms with Crippen molar-refractivity contribution in [3.05, 3.63) is 116 Å². The molecule has 0 atom stereocenters. The molecule has 5 rings (SSSR count). The third-order valence-electron chi connectivity index (χ3n) is 5.57. The molecule has 7 nitrogen and oxygen atoms in total. The molecule has 0 unspecified atom stereocenters. The van der Waals surface area contributed by atoms with Gasteiger partial charge in [-0.05, 0) is 35.9 Å². The molecule has 0 fully saturated rings. The summed E-state index contributed by atoms with van der Waals surface area (Å²) in [5.41, 5.74) is 3.28. The van der Waals surface area contributed by atoms with Crippen molar-refractivity contribution in [2.45, 2.75) is 23.8 Å². The maximum Gasteiger partial charge on any atom is 0.270 e. The lowest BCUT2D eigenvalue weighted by Gasteiger charge is -2.11. The highest BCUT2D eigenvalue weighted by Crippen LogP contribution is 2.30. The number of hydrogen-bond acceptors (Lipinski definition) is 7. The molecule has 1 N–H and O–H groups in total.